The quantitative estimate of drug-likeness (QED) is 0.674. The van der Waals surface area contributed by atoms with E-state index in [1.807, 2.05) is 30.3 Å². The number of methoxy groups -OCH3 is 1. The van der Waals surface area contributed by atoms with Crippen molar-refractivity contribution in [2.24, 2.45) is 5.73 Å². The zero-order valence-corrected chi connectivity index (χ0v) is 14.5. The maximum absolute atomic E-state index is 14.0. The van der Waals surface area contributed by atoms with Gasteiger partial charge in [0.25, 0.3) is 0 Å². The molecule has 138 valence electrons. The third kappa shape index (κ3) is 5.94. The molecule has 1 atom stereocenters. The van der Waals surface area contributed by atoms with E-state index in [1.54, 1.807) is 0 Å². The highest BCUT2D eigenvalue weighted by molar-refractivity contribution is 5.95. The minimum Gasteiger partial charge on any atom is -0.380 e. The first-order valence-corrected chi connectivity index (χ1v) is 8.18. The predicted octanol–water partition coefficient (Wildman–Crippen LogP) is 2.31. The summed E-state index contributed by atoms with van der Waals surface area (Å²) in [6.45, 7) is 0.216. The van der Waals surface area contributed by atoms with E-state index in [-0.39, 0.29) is 43.0 Å². The molecular weight excluding hydrogens is 337 g/mol. The molecule has 0 aromatic heterocycles. The molecule has 0 saturated heterocycles. The van der Waals surface area contributed by atoms with Gasteiger partial charge < -0.3 is 21.1 Å². The van der Waals surface area contributed by atoms with Crippen LogP contribution >= 0.6 is 0 Å². The SMILES string of the molecule is COC(CN)CC(=O)Nc1ccc(F)c(NC(=O)Cc2ccccc2)c1. The van der Waals surface area contributed by atoms with Crippen molar-refractivity contribution in [3.8, 4) is 0 Å². The molecule has 7 heteroatoms. The molecule has 0 fully saturated rings. The Hall–Kier alpha value is -2.77. The number of benzene rings is 2. The minimum absolute atomic E-state index is 0.00541. The number of hydrogen-bond acceptors (Lipinski definition) is 4. The van der Waals surface area contributed by atoms with Crippen LogP contribution in [-0.4, -0.2) is 31.6 Å². The predicted molar refractivity (Wildman–Crippen MR) is 98.3 cm³/mol. The summed E-state index contributed by atoms with van der Waals surface area (Å²) in [7, 11) is 1.48. The Bertz CT molecular complexity index is 749. The second-order valence-electron chi connectivity index (χ2n) is 5.75. The maximum Gasteiger partial charge on any atom is 0.228 e. The van der Waals surface area contributed by atoms with Crippen LogP contribution in [0.1, 0.15) is 12.0 Å². The van der Waals surface area contributed by atoms with Crippen molar-refractivity contribution in [1.29, 1.82) is 0 Å². The lowest BCUT2D eigenvalue weighted by atomic mass is 10.1. The van der Waals surface area contributed by atoms with E-state index < -0.39 is 5.82 Å². The van der Waals surface area contributed by atoms with Crippen molar-refractivity contribution in [2.45, 2.75) is 18.9 Å². The Morgan fingerprint density at radius 3 is 2.50 bits per heavy atom. The number of hydrogen-bond donors (Lipinski definition) is 3. The Balaban J connectivity index is 2.00. The number of amides is 2. The summed E-state index contributed by atoms with van der Waals surface area (Å²) in [6, 6.07) is 13.1. The molecule has 26 heavy (non-hydrogen) atoms. The smallest absolute Gasteiger partial charge is 0.228 e. The molecule has 0 aliphatic rings. The topological polar surface area (TPSA) is 93.4 Å². The molecule has 0 radical (unpaired) electrons. The highest BCUT2D eigenvalue weighted by Crippen LogP contribution is 2.20. The van der Waals surface area contributed by atoms with Gasteiger partial charge in [-0.25, -0.2) is 4.39 Å². The van der Waals surface area contributed by atoms with Gasteiger partial charge in [0.15, 0.2) is 0 Å². The average Bonchev–Trinajstić information content (AvgIpc) is 2.63. The monoisotopic (exact) mass is 359 g/mol. The van der Waals surface area contributed by atoms with Crippen LogP contribution in [0.15, 0.2) is 48.5 Å². The molecule has 0 heterocycles. The van der Waals surface area contributed by atoms with Gasteiger partial charge in [-0.3, -0.25) is 9.59 Å². The molecule has 2 aromatic carbocycles. The molecule has 6 nitrogen and oxygen atoms in total. The Kier molecular flexibility index (Phi) is 7.25. The molecule has 0 aliphatic carbocycles. The number of nitrogens with one attached hydrogen (secondary N) is 2. The first-order chi connectivity index (χ1) is 12.5. The molecule has 1 unspecified atom stereocenters. The summed E-state index contributed by atoms with van der Waals surface area (Å²) in [4.78, 5) is 24.1. The van der Waals surface area contributed by atoms with Crippen LogP contribution in [0.4, 0.5) is 15.8 Å². The van der Waals surface area contributed by atoms with Gasteiger partial charge in [-0.05, 0) is 23.8 Å². The Labute approximate surface area is 151 Å². The molecule has 2 rings (SSSR count). The lowest BCUT2D eigenvalue weighted by molar-refractivity contribution is -0.118. The molecular formula is C19H22FN3O3. The number of ether oxygens (including phenoxy) is 1. The van der Waals surface area contributed by atoms with E-state index in [0.717, 1.165) is 5.56 Å². The minimum atomic E-state index is -0.582. The van der Waals surface area contributed by atoms with Crippen LogP contribution in [0.25, 0.3) is 0 Å². The van der Waals surface area contributed by atoms with E-state index in [9.17, 15) is 14.0 Å². The first-order valence-electron chi connectivity index (χ1n) is 8.18. The molecule has 0 spiro atoms. The van der Waals surface area contributed by atoms with Crippen molar-refractivity contribution < 1.29 is 18.7 Å². The first kappa shape index (κ1) is 19.6. The fourth-order valence-corrected chi connectivity index (χ4v) is 2.36. The number of carbonyl (C=O) groups excluding carboxylic acids is 2. The standard InChI is InChI=1S/C19H22FN3O3/c1-26-15(12-21)11-19(25)22-14-7-8-16(20)17(10-14)23-18(24)9-13-5-3-2-4-6-13/h2-8,10,15H,9,11-12,21H2,1H3,(H,22,25)(H,23,24). The third-order valence-corrected chi connectivity index (χ3v) is 3.74. The van der Waals surface area contributed by atoms with Crippen molar-refractivity contribution in [2.75, 3.05) is 24.3 Å². The maximum atomic E-state index is 14.0. The normalized spacial score (nSPS) is 11.7. The summed E-state index contributed by atoms with van der Waals surface area (Å²) in [5.74, 6) is -1.24. The third-order valence-electron chi connectivity index (χ3n) is 3.74. The lowest BCUT2D eigenvalue weighted by Crippen LogP contribution is -2.28. The second kappa shape index (κ2) is 9.65. The van der Waals surface area contributed by atoms with Gasteiger partial charge in [-0.15, -0.1) is 0 Å². The van der Waals surface area contributed by atoms with Gasteiger partial charge in [0.1, 0.15) is 5.82 Å². The van der Waals surface area contributed by atoms with Crippen LogP contribution < -0.4 is 16.4 Å². The van der Waals surface area contributed by atoms with Gasteiger partial charge in [-0.1, -0.05) is 30.3 Å². The van der Waals surface area contributed by atoms with E-state index in [4.69, 9.17) is 10.5 Å². The summed E-state index contributed by atoms with van der Waals surface area (Å²) in [5.41, 5.74) is 6.69. The van der Waals surface area contributed by atoms with Crippen LogP contribution in [-0.2, 0) is 20.7 Å². The zero-order valence-electron chi connectivity index (χ0n) is 14.5. The van der Waals surface area contributed by atoms with E-state index in [0.29, 0.717) is 5.69 Å². The molecule has 0 saturated carbocycles. The lowest BCUT2D eigenvalue weighted by Gasteiger charge is -2.13. The highest BCUT2D eigenvalue weighted by Gasteiger charge is 2.13. The molecule has 2 aromatic rings. The van der Waals surface area contributed by atoms with Crippen LogP contribution in [0.5, 0.6) is 0 Å². The number of anilines is 2. The largest absolute Gasteiger partial charge is 0.380 e. The van der Waals surface area contributed by atoms with E-state index >= 15 is 0 Å². The highest BCUT2D eigenvalue weighted by atomic mass is 19.1. The summed E-state index contributed by atoms with van der Waals surface area (Å²) in [6.07, 6.45) is -0.177. The van der Waals surface area contributed by atoms with Crippen LogP contribution in [0, 0.1) is 5.82 Å². The van der Waals surface area contributed by atoms with Crippen LogP contribution in [0.2, 0.25) is 0 Å². The number of rotatable bonds is 8. The second-order valence-corrected chi connectivity index (χ2v) is 5.75. The van der Waals surface area contributed by atoms with Crippen molar-refractivity contribution in [3.63, 3.8) is 0 Å². The van der Waals surface area contributed by atoms with Gasteiger partial charge in [0.05, 0.1) is 24.6 Å². The number of nitrogens with two attached hydrogens (primary N) is 1. The number of carbonyl (C=O) groups is 2. The summed E-state index contributed by atoms with van der Waals surface area (Å²) >= 11 is 0. The average molecular weight is 359 g/mol. The van der Waals surface area contributed by atoms with Crippen LogP contribution in [0.3, 0.4) is 0 Å². The van der Waals surface area contributed by atoms with Gasteiger partial charge in [-0.2, -0.15) is 0 Å². The van der Waals surface area contributed by atoms with Gasteiger partial charge in [0, 0.05) is 19.3 Å². The zero-order chi connectivity index (χ0) is 18.9. The molecule has 2 amide bonds. The summed E-state index contributed by atoms with van der Waals surface area (Å²) < 4.78 is 19.0. The molecule has 4 N–H and O–H groups in total. The van der Waals surface area contributed by atoms with Gasteiger partial charge >= 0.3 is 0 Å². The molecule has 0 bridgehead atoms. The van der Waals surface area contributed by atoms with E-state index in [1.165, 1.54) is 25.3 Å². The van der Waals surface area contributed by atoms with E-state index in [2.05, 4.69) is 10.6 Å². The number of halogens is 1. The Morgan fingerprint density at radius 1 is 1.12 bits per heavy atom. The van der Waals surface area contributed by atoms with Crippen molar-refractivity contribution >= 4 is 23.2 Å². The summed E-state index contributed by atoms with van der Waals surface area (Å²) in [5, 5.41) is 5.16. The van der Waals surface area contributed by atoms with Crippen molar-refractivity contribution in [3.05, 3.63) is 59.9 Å². The van der Waals surface area contributed by atoms with Gasteiger partial charge in [0.2, 0.25) is 11.8 Å². The van der Waals surface area contributed by atoms with Crippen molar-refractivity contribution in [1.82, 2.24) is 0 Å². The fraction of sp³-hybridized carbons (Fsp3) is 0.263. The Morgan fingerprint density at radius 2 is 1.85 bits per heavy atom. The molecule has 0 aliphatic heterocycles. The fourth-order valence-electron chi connectivity index (χ4n) is 2.36.